The molecule has 0 aliphatic carbocycles. The van der Waals surface area contributed by atoms with Crippen molar-refractivity contribution in [1.82, 2.24) is 4.98 Å². The second-order valence-electron chi connectivity index (χ2n) is 8.71. The molecule has 0 radical (unpaired) electrons. The van der Waals surface area contributed by atoms with Gasteiger partial charge in [0.1, 0.15) is 0 Å². The molecule has 0 atom stereocenters. The van der Waals surface area contributed by atoms with Gasteiger partial charge >= 0.3 is 0 Å². The Morgan fingerprint density at radius 2 is 0.818 bits per heavy atom. The van der Waals surface area contributed by atoms with Crippen LogP contribution < -0.4 is 9.46 Å². The van der Waals surface area contributed by atoms with Crippen LogP contribution in [0.3, 0.4) is 0 Å². The lowest BCUT2D eigenvalue weighted by atomic mass is 10.3. The standard InChI is InChI=1S/C5H6NO.C5H5NO.C5H5N.3C4H10.H2O/c2*7-6-4-2-1-3-5-6;1-2-4-6-5-3-1;3*1-4(2)3;/h1-5,7H;1-5H;1-5H;3*4H,1-3H3;1H2/q+1;;;;;;. The summed E-state index contributed by atoms with van der Waals surface area (Å²) in [6.07, 6.45) is 9.50. The van der Waals surface area contributed by atoms with Crippen molar-refractivity contribution >= 4 is 0 Å². The first-order chi connectivity index (χ1) is 15.0. The predicted molar refractivity (Wildman–Crippen MR) is 139 cm³/mol. The zero-order valence-corrected chi connectivity index (χ0v) is 22.1. The first kappa shape index (κ1) is 37.3. The minimum Gasteiger partial charge on any atom is -0.619 e. The summed E-state index contributed by atoms with van der Waals surface area (Å²) in [6.45, 7) is 19.5. The molecule has 3 aromatic heterocycles. The second-order valence-corrected chi connectivity index (χ2v) is 8.71. The molecular formula is C27H48N3O3+. The average Bonchev–Trinajstić information content (AvgIpc) is 2.70. The van der Waals surface area contributed by atoms with E-state index in [0.717, 1.165) is 27.2 Å². The van der Waals surface area contributed by atoms with Crippen molar-refractivity contribution in [3.05, 3.63) is 97.0 Å². The Labute approximate surface area is 202 Å². The minimum absolute atomic E-state index is 0. The smallest absolute Gasteiger partial charge is 0.222 e. The van der Waals surface area contributed by atoms with Crippen LogP contribution >= 0.6 is 0 Å². The molecule has 3 aromatic rings. The number of nitrogens with zero attached hydrogens (tertiary/aromatic N) is 3. The van der Waals surface area contributed by atoms with E-state index in [4.69, 9.17) is 5.21 Å². The molecule has 6 nitrogen and oxygen atoms in total. The molecule has 0 unspecified atom stereocenters. The number of aromatic nitrogens is 3. The highest BCUT2D eigenvalue weighted by Crippen LogP contribution is 1.82. The Morgan fingerprint density at radius 1 is 0.545 bits per heavy atom. The van der Waals surface area contributed by atoms with Gasteiger partial charge in [0.25, 0.3) is 0 Å². The second kappa shape index (κ2) is 29.0. The molecule has 0 aliphatic rings. The summed E-state index contributed by atoms with van der Waals surface area (Å²) in [5.41, 5.74) is 0. The average molecular weight is 463 g/mol. The van der Waals surface area contributed by atoms with Crippen molar-refractivity contribution in [2.45, 2.75) is 62.3 Å². The van der Waals surface area contributed by atoms with Gasteiger partial charge in [-0.05, 0) is 29.9 Å². The van der Waals surface area contributed by atoms with Gasteiger partial charge in [-0.2, -0.15) is 4.73 Å². The monoisotopic (exact) mass is 462 g/mol. The fraction of sp³-hybridized carbons (Fsp3) is 0.444. The van der Waals surface area contributed by atoms with Crippen LogP contribution in [0.2, 0.25) is 0 Å². The Bertz CT molecular complexity index is 594. The van der Waals surface area contributed by atoms with E-state index < -0.39 is 0 Å². The van der Waals surface area contributed by atoms with Gasteiger partial charge in [0, 0.05) is 41.4 Å². The van der Waals surface area contributed by atoms with Crippen LogP contribution in [-0.4, -0.2) is 15.7 Å². The Kier molecular flexibility index (Phi) is 32.8. The number of hydrogen-bond donors (Lipinski definition) is 1. The highest BCUT2D eigenvalue weighted by Gasteiger charge is 1.83. The molecule has 0 aliphatic heterocycles. The topological polar surface area (TPSA) is 95.4 Å². The Hall–Kier alpha value is -2.99. The Morgan fingerprint density at radius 3 is 0.939 bits per heavy atom. The minimum atomic E-state index is 0. The molecule has 0 amide bonds. The molecule has 3 heterocycles. The summed E-state index contributed by atoms with van der Waals surface area (Å²) in [5.74, 6) is 2.50. The molecule has 188 valence electrons. The van der Waals surface area contributed by atoms with Gasteiger partial charge in [-0.1, -0.05) is 80.5 Å². The number of hydrogen-bond acceptors (Lipinski definition) is 3. The van der Waals surface area contributed by atoms with Crippen LogP contribution in [0.25, 0.3) is 0 Å². The first-order valence-electron chi connectivity index (χ1n) is 11.1. The van der Waals surface area contributed by atoms with E-state index in [1.54, 1.807) is 55.1 Å². The maximum absolute atomic E-state index is 10.2. The molecule has 3 rings (SSSR count). The van der Waals surface area contributed by atoms with Gasteiger partial charge in [-0.15, -0.1) is 0 Å². The zero-order chi connectivity index (χ0) is 25.2. The van der Waals surface area contributed by atoms with Crippen molar-refractivity contribution in [2.75, 3.05) is 0 Å². The summed E-state index contributed by atoms with van der Waals surface area (Å²) in [5, 5.41) is 18.7. The molecule has 0 saturated heterocycles. The van der Waals surface area contributed by atoms with Gasteiger partial charge in [-0.3, -0.25) is 10.2 Å². The lowest BCUT2D eigenvalue weighted by Crippen LogP contribution is -2.27. The maximum atomic E-state index is 10.2. The maximum Gasteiger partial charge on any atom is 0.222 e. The van der Waals surface area contributed by atoms with E-state index in [2.05, 4.69) is 67.3 Å². The van der Waals surface area contributed by atoms with E-state index in [1.165, 1.54) is 12.4 Å². The SMILES string of the molecule is CC(C)C.CC(C)C.CC(C)C.O.O[n+]1ccccc1.[O-][n+]1ccccc1.c1ccncc1. The third kappa shape index (κ3) is 58.6. The molecule has 0 saturated carbocycles. The quantitative estimate of drug-likeness (QED) is 0.261. The number of pyridine rings is 3. The van der Waals surface area contributed by atoms with E-state index >= 15 is 0 Å². The van der Waals surface area contributed by atoms with Crippen LogP contribution in [0.5, 0.6) is 0 Å². The molecule has 0 fully saturated rings. The molecule has 6 heteroatoms. The van der Waals surface area contributed by atoms with Crippen molar-refractivity contribution in [3.8, 4) is 0 Å². The summed E-state index contributed by atoms with van der Waals surface area (Å²) < 4.78 is 1.75. The molecule has 33 heavy (non-hydrogen) atoms. The third-order valence-electron chi connectivity index (χ3n) is 1.95. The van der Waals surface area contributed by atoms with Crippen molar-refractivity contribution < 1.29 is 20.1 Å². The summed E-state index contributed by atoms with van der Waals surface area (Å²) in [4.78, 5) is 3.78. The van der Waals surface area contributed by atoms with Crippen LogP contribution in [-0.2, 0) is 0 Å². The van der Waals surface area contributed by atoms with Gasteiger partial charge in [0.05, 0.1) is 0 Å². The largest absolute Gasteiger partial charge is 0.619 e. The zero-order valence-electron chi connectivity index (χ0n) is 22.1. The normalized spacial score (nSPS) is 8.36. The van der Waals surface area contributed by atoms with E-state index in [1.807, 2.05) is 24.3 Å². The fourth-order valence-electron chi connectivity index (χ4n) is 1.09. The van der Waals surface area contributed by atoms with E-state index in [0.29, 0.717) is 0 Å². The van der Waals surface area contributed by atoms with E-state index in [9.17, 15) is 5.21 Å². The molecule has 0 spiro atoms. The molecular weight excluding hydrogens is 414 g/mol. The molecule has 0 bridgehead atoms. The van der Waals surface area contributed by atoms with Gasteiger partial charge in [0.15, 0.2) is 12.4 Å². The highest BCUT2D eigenvalue weighted by atomic mass is 16.5. The van der Waals surface area contributed by atoms with Crippen LogP contribution in [0.15, 0.2) is 91.8 Å². The van der Waals surface area contributed by atoms with Crippen molar-refractivity contribution in [2.24, 2.45) is 17.8 Å². The summed E-state index contributed by atoms with van der Waals surface area (Å²) in [6, 6.07) is 16.2. The van der Waals surface area contributed by atoms with Crippen LogP contribution in [0, 0.1) is 23.0 Å². The third-order valence-corrected chi connectivity index (χ3v) is 1.95. The summed E-state index contributed by atoms with van der Waals surface area (Å²) >= 11 is 0. The van der Waals surface area contributed by atoms with Crippen LogP contribution in [0.1, 0.15) is 62.3 Å². The fourth-order valence-corrected chi connectivity index (χ4v) is 1.09. The number of rotatable bonds is 0. The van der Waals surface area contributed by atoms with Crippen molar-refractivity contribution in [3.63, 3.8) is 0 Å². The summed E-state index contributed by atoms with van der Waals surface area (Å²) in [7, 11) is 0. The van der Waals surface area contributed by atoms with Gasteiger partial charge in [-0.25, -0.2) is 0 Å². The lowest BCUT2D eigenvalue weighted by Gasteiger charge is -1.88. The lowest BCUT2D eigenvalue weighted by molar-refractivity contribution is -0.904. The molecule has 3 N–H and O–H groups in total. The van der Waals surface area contributed by atoms with E-state index in [-0.39, 0.29) is 5.48 Å². The van der Waals surface area contributed by atoms with Gasteiger partial charge < -0.3 is 10.7 Å². The van der Waals surface area contributed by atoms with Crippen LogP contribution in [0.4, 0.5) is 0 Å². The predicted octanol–water partition coefficient (Wildman–Crippen LogP) is 5.78. The highest BCUT2D eigenvalue weighted by molar-refractivity contribution is 4.88. The molecule has 0 aromatic carbocycles. The Balaban J connectivity index is -0.000000155. The van der Waals surface area contributed by atoms with Gasteiger partial charge in [0.2, 0.25) is 12.4 Å². The first-order valence-corrected chi connectivity index (χ1v) is 11.1. The van der Waals surface area contributed by atoms with Crippen molar-refractivity contribution in [1.29, 1.82) is 0 Å².